The maximum Gasteiger partial charge on any atom is 0.407 e. The van der Waals surface area contributed by atoms with E-state index in [2.05, 4.69) is 10.1 Å². The molecule has 0 aromatic carbocycles. The van der Waals surface area contributed by atoms with E-state index in [9.17, 15) is 14.7 Å². The summed E-state index contributed by atoms with van der Waals surface area (Å²) in [4.78, 5) is 23.1. The van der Waals surface area contributed by atoms with Crippen LogP contribution in [0, 0.1) is 11.8 Å². The van der Waals surface area contributed by atoms with Gasteiger partial charge in [-0.25, -0.2) is 4.79 Å². The Morgan fingerprint density at radius 1 is 1.21 bits per heavy atom. The van der Waals surface area contributed by atoms with E-state index >= 15 is 0 Å². The van der Waals surface area contributed by atoms with Gasteiger partial charge >= 0.3 is 12.1 Å². The van der Waals surface area contributed by atoms with E-state index in [0.717, 1.165) is 0 Å². The summed E-state index contributed by atoms with van der Waals surface area (Å²) < 4.78 is 9.83. The molecule has 6 heteroatoms. The Morgan fingerprint density at radius 2 is 1.79 bits per heavy atom. The van der Waals surface area contributed by atoms with E-state index in [1.807, 2.05) is 20.8 Å². The maximum absolute atomic E-state index is 12.0. The minimum Gasteiger partial charge on any atom is -0.469 e. The van der Waals surface area contributed by atoms with E-state index in [-0.39, 0.29) is 18.3 Å². The molecule has 6 nitrogen and oxygen atoms in total. The van der Waals surface area contributed by atoms with Crippen LogP contribution in [0.5, 0.6) is 0 Å². The molecule has 0 aromatic heterocycles. The van der Waals surface area contributed by atoms with E-state index in [1.54, 1.807) is 32.9 Å². The zero-order valence-corrected chi connectivity index (χ0v) is 16.0. The Hall–Kier alpha value is -1.56. The molecular weight excluding hydrogens is 310 g/mol. The molecule has 2 N–H and O–H groups in total. The molecule has 24 heavy (non-hydrogen) atoms. The number of amides is 1. The third-order valence-electron chi connectivity index (χ3n) is 3.33. The van der Waals surface area contributed by atoms with Crippen molar-refractivity contribution >= 4 is 12.1 Å². The second-order valence-corrected chi connectivity index (χ2v) is 7.44. The SMILES string of the molecule is COC(=O)C/C=C/[C@@H](C)[C@@H](O)[C@H](CC(C)C)NC(=O)OC(C)(C)C. The number of hydrogen-bond donors (Lipinski definition) is 2. The van der Waals surface area contributed by atoms with Crippen LogP contribution in [0.1, 0.15) is 54.4 Å². The number of carbonyl (C=O) groups excluding carboxylic acids is 2. The number of esters is 1. The molecule has 0 bridgehead atoms. The number of nitrogens with one attached hydrogen (secondary N) is 1. The van der Waals surface area contributed by atoms with Gasteiger partial charge in [-0.3, -0.25) is 4.79 Å². The average molecular weight is 343 g/mol. The predicted molar refractivity (Wildman–Crippen MR) is 93.6 cm³/mol. The Morgan fingerprint density at radius 3 is 2.25 bits per heavy atom. The van der Waals surface area contributed by atoms with Crippen LogP contribution >= 0.6 is 0 Å². The van der Waals surface area contributed by atoms with Crippen molar-refractivity contribution in [2.75, 3.05) is 7.11 Å². The molecule has 0 fully saturated rings. The molecule has 140 valence electrons. The highest BCUT2D eigenvalue weighted by molar-refractivity contribution is 5.70. The first-order chi connectivity index (χ1) is 11.0. The molecular formula is C18H33NO5. The maximum atomic E-state index is 12.0. The van der Waals surface area contributed by atoms with Crippen LogP contribution in [0.2, 0.25) is 0 Å². The first-order valence-corrected chi connectivity index (χ1v) is 8.37. The number of rotatable bonds is 8. The van der Waals surface area contributed by atoms with E-state index in [1.165, 1.54) is 7.11 Å². The van der Waals surface area contributed by atoms with E-state index < -0.39 is 23.8 Å². The fourth-order valence-electron chi connectivity index (χ4n) is 2.19. The molecule has 0 aliphatic carbocycles. The van der Waals surface area contributed by atoms with Crippen molar-refractivity contribution in [2.24, 2.45) is 11.8 Å². The van der Waals surface area contributed by atoms with Gasteiger partial charge in [0.1, 0.15) is 5.60 Å². The van der Waals surface area contributed by atoms with Gasteiger partial charge in [0.05, 0.1) is 25.7 Å². The Labute approximate surface area is 145 Å². The van der Waals surface area contributed by atoms with Gasteiger partial charge in [-0.15, -0.1) is 0 Å². The molecule has 0 aromatic rings. The number of hydrogen-bond acceptors (Lipinski definition) is 5. The van der Waals surface area contributed by atoms with Crippen LogP contribution in [0.25, 0.3) is 0 Å². The minimum atomic E-state index is -0.784. The van der Waals surface area contributed by atoms with Crippen molar-refractivity contribution in [1.82, 2.24) is 5.32 Å². The third-order valence-corrected chi connectivity index (χ3v) is 3.33. The molecule has 0 saturated heterocycles. The minimum absolute atomic E-state index is 0.155. The van der Waals surface area contributed by atoms with Crippen LogP contribution in [0.4, 0.5) is 4.79 Å². The summed E-state index contributed by atoms with van der Waals surface area (Å²) in [5.74, 6) is -0.266. The highest BCUT2D eigenvalue weighted by Crippen LogP contribution is 2.17. The topological polar surface area (TPSA) is 84.9 Å². The van der Waals surface area contributed by atoms with E-state index in [4.69, 9.17) is 4.74 Å². The zero-order valence-electron chi connectivity index (χ0n) is 16.0. The molecule has 0 aliphatic rings. The molecule has 0 rings (SSSR count). The predicted octanol–water partition coefficient (Wildman–Crippen LogP) is 3.04. The van der Waals surface area contributed by atoms with Crippen molar-refractivity contribution < 1.29 is 24.2 Å². The van der Waals surface area contributed by atoms with Gasteiger partial charge in [0, 0.05) is 5.92 Å². The zero-order chi connectivity index (χ0) is 18.9. The molecule has 0 unspecified atom stereocenters. The van der Waals surface area contributed by atoms with Gasteiger partial charge in [0.2, 0.25) is 0 Å². The number of ether oxygens (including phenoxy) is 2. The molecule has 0 aliphatic heterocycles. The number of alkyl carbamates (subject to hydrolysis) is 1. The lowest BCUT2D eigenvalue weighted by Gasteiger charge is -2.30. The average Bonchev–Trinajstić information content (AvgIpc) is 2.42. The highest BCUT2D eigenvalue weighted by atomic mass is 16.6. The standard InChI is InChI=1S/C18H33NO5/c1-12(2)11-14(19-17(22)24-18(4,5)6)16(21)13(3)9-8-10-15(20)23-7/h8-9,12-14,16,21H,10-11H2,1-7H3,(H,19,22)/b9-8+/t13-,14+,16-/m1/s1. The fraction of sp³-hybridized carbons (Fsp3) is 0.778. The largest absolute Gasteiger partial charge is 0.469 e. The van der Waals surface area contributed by atoms with Crippen molar-refractivity contribution in [3.63, 3.8) is 0 Å². The van der Waals surface area contributed by atoms with Gasteiger partial charge in [0.15, 0.2) is 0 Å². The lowest BCUT2D eigenvalue weighted by molar-refractivity contribution is -0.139. The Kier molecular flexibility index (Phi) is 9.66. The monoisotopic (exact) mass is 343 g/mol. The van der Waals surface area contributed by atoms with Gasteiger partial charge in [-0.05, 0) is 33.1 Å². The second kappa shape index (κ2) is 10.3. The molecule has 0 heterocycles. The van der Waals surface area contributed by atoms with Crippen molar-refractivity contribution in [3.8, 4) is 0 Å². The first kappa shape index (κ1) is 22.4. The number of methoxy groups -OCH3 is 1. The van der Waals surface area contributed by atoms with Gasteiger partial charge in [0.25, 0.3) is 0 Å². The first-order valence-electron chi connectivity index (χ1n) is 8.37. The quantitative estimate of drug-likeness (QED) is 0.523. The van der Waals surface area contributed by atoms with Crippen LogP contribution < -0.4 is 5.32 Å². The summed E-state index contributed by atoms with van der Waals surface area (Å²) in [5, 5.41) is 13.3. The summed E-state index contributed by atoms with van der Waals surface area (Å²) >= 11 is 0. The number of aliphatic hydroxyl groups is 1. The van der Waals surface area contributed by atoms with Crippen molar-refractivity contribution in [1.29, 1.82) is 0 Å². The molecule has 3 atom stereocenters. The lowest BCUT2D eigenvalue weighted by Crippen LogP contribution is -2.48. The molecule has 1 amide bonds. The van der Waals surface area contributed by atoms with E-state index in [0.29, 0.717) is 12.3 Å². The number of aliphatic hydroxyl groups excluding tert-OH is 1. The third kappa shape index (κ3) is 10.3. The van der Waals surface area contributed by atoms with Crippen LogP contribution in [0.15, 0.2) is 12.2 Å². The summed E-state index contributed by atoms with van der Waals surface area (Å²) in [5.41, 5.74) is -0.594. The van der Waals surface area contributed by atoms with Crippen LogP contribution in [-0.2, 0) is 14.3 Å². The Balaban J connectivity index is 4.83. The fourth-order valence-corrected chi connectivity index (χ4v) is 2.19. The summed E-state index contributed by atoms with van der Waals surface area (Å²) in [6.45, 7) is 11.3. The van der Waals surface area contributed by atoms with Crippen molar-refractivity contribution in [2.45, 2.75) is 72.1 Å². The number of carbonyl (C=O) groups is 2. The smallest absolute Gasteiger partial charge is 0.407 e. The summed E-state index contributed by atoms with van der Waals surface area (Å²) in [6.07, 6.45) is 2.87. The second-order valence-electron chi connectivity index (χ2n) is 7.44. The van der Waals surface area contributed by atoms with Crippen LogP contribution in [-0.4, -0.2) is 42.0 Å². The van der Waals surface area contributed by atoms with Crippen molar-refractivity contribution in [3.05, 3.63) is 12.2 Å². The van der Waals surface area contributed by atoms with Gasteiger partial charge in [-0.2, -0.15) is 0 Å². The van der Waals surface area contributed by atoms with Gasteiger partial charge in [-0.1, -0.05) is 32.9 Å². The summed E-state index contributed by atoms with van der Waals surface area (Å²) in [6, 6.07) is -0.433. The molecule has 0 radical (unpaired) electrons. The van der Waals surface area contributed by atoms with Gasteiger partial charge < -0.3 is 19.9 Å². The summed E-state index contributed by atoms with van der Waals surface area (Å²) in [7, 11) is 1.33. The molecule has 0 spiro atoms. The Bertz CT molecular complexity index is 426. The lowest BCUT2D eigenvalue weighted by atomic mass is 9.91. The molecule has 0 saturated carbocycles. The van der Waals surface area contributed by atoms with Crippen LogP contribution in [0.3, 0.4) is 0 Å². The normalized spacial score (nSPS) is 15.9. The highest BCUT2D eigenvalue weighted by Gasteiger charge is 2.27.